The maximum absolute atomic E-state index is 10.9. The van der Waals surface area contributed by atoms with Crippen molar-refractivity contribution in [3.63, 3.8) is 0 Å². The van der Waals surface area contributed by atoms with E-state index in [-0.39, 0.29) is 22.6 Å². The number of nitrogens with zero attached hydrogens (tertiary/aromatic N) is 1. The number of nitro groups is 1. The van der Waals surface area contributed by atoms with Crippen molar-refractivity contribution in [1.29, 1.82) is 0 Å². The van der Waals surface area contributed by atoms with Crippen molar-refractivity contribution in [2.45, 2.75) is 33.6 Å². The molecule has 2 N–H and O–H groups in total. The van der Waals surface area contributed by atoms with Gasteiger partial charge in [0.2, 0.25) is 0 Å². The van der Waals surface area contributed by atoms with E-state index in [1.165, 1.54) is 6.07 Å². The number of aliphatic hydroxyl groups is 1. The van der Waals surface area contributed by atoms with Gasteiger partial charge in [0.1, 0.15) is 0 Å². The lowest BCUT2D eigenvalue weighted by Crippen LogP contribution is -2.23. The first kappa shape index (κ1) is 15.4. The highest BCUT2D eigenvalue weighted by Gasteiger charge is 2.19. The molecule has 0 saturated carbocycles. The molecule has 0 unspecified atom stereocenters. The smallest absolute Gasteiger partial charge is 0.274 e. The zero-order chi connectivity index (χ0) is 14.5. The Kier molecular flexibility index (Phi) is 5.30. The molecule has 1 aromatic carbocycles. The van der Waals surface area contributed by atoms with E-state index in [0.29, 0.717) is 5.56 Å². The van der Waals surface area contributed by atoms with E-state index in [4.69, 9.17) is 5.11 Å². The molecule has 0 saturated heterocycles. The highest BCUT2D eigenvalue weighted by atomic mass is 16.6. The number of rotatable bonds is 7. The third-order valence-corrected chi connectivity index (χ3v) is 3.27. The molecule has 0 aliphatic carbocycles. The molecular weight excluding hydrogens is 244 g/mol. The second-order valence-corrected chi connectivity index (χ2v) is 5.55. The monoisotopic (exact) mass is 266 g/mol. The Bertz CT molecular complexity index is 444. The molecule has 0 atom stereocenters. The van der Waals surface area contributed by atoms with Crippen LogP contribution in [0, 0.1) is 22.5 Å². The average molecular weight is 266 g/mol. The number of anilines is 1. The van der Waals surface area contributed by atoms with Crippen molar-refractivity contribution in [2.24, 2.45) is 5.41 Å². The summed E-state index contributed by atoms with van der Waals surface area (Å²) in [7, 11) is 0. The van der Waals surface area contributed by atoms with Gasteiger partial charge in [-0.2, -0.15) is 0 Å². The van der Waals surface area contributed by atoms with Crippen molar-refractivity contribution in [2.75, 3.05) is 18.5 Å². The number of hydrogen-bond acceptors (Lipinski definition) is 4. The first-order chi connectivity index (χ1) is 8.87. The third kappa shape index (κ3) is 4.52. The van der Waals surface area contributed by atoms with Gasteiger partial charge < -0.3 is 10.4 Å². The zero-order valence-electron chi connectivity index (χ0n) is 11.8. The summed E-state index contributed by atoms with van der Waals surface area (Å²) in [5.74, 6) is 0. The Balaban J connectivity index is 2.73. The molecule has 19 heavy (non-hydrogen) atoms. The maximum atomic E-state index is 10.9. The second-order valence-electron chi connectivity index (χ2n) is 5.55. The lowest BCUT2D eigenvalue weighted by molar-refractivity contribution is -0.385. The zero-order valence-corrected chi connectivity index (χ0v) is 11.8. The summed E-state index contributed by atoms with van der Waals surface area (Å²) in [6.45, 7) is 6.89. The molecule has 0 aliphatic rings. The molecule has 0 aromatic heterocycles. The van der Waals surface area contributed by atoms with Crippen LogP contribution >= 0.6 is 0 Å². The number of aliphatic hydroxyl groups excluding tert-OH is 1. The second kappa shape index (κ2) is 6.52. The van der Waals surface area contributed by atoms with E-state index in [9.17, 15) is 10.1 Å². The fourth-order valence-corrected chi connectivity index (χ4v) is 1.99. The minimum absolute atomic E-state index is 0.0415. The van der Waals surface area contributed by atoms with Gasteiger partial charge >= 0.3 is 0 Å². The molecule has 1 aromatic rings. The average Bonchev–Trinajstić information content (AvgIpc) is 2.35. The van der Waals surface area contributed by atoms with E-state index in [1.807, 2.05) is 6.07 Å². The van der Waals surface area contributed by atoms with E-state index < -0.39 is 0 Å². The van der Waals surface area contributed by atoms with Gasteiger partial charge in [-0.15, -0.1) is 0 Å². The molecule has 0 amide bonds. The van der Waals surface area contributed by atoms with E-state index in [1.54, 1.807) is 13.0 Å². The molecule has 0 bridgehead atoms. The van der Waals surface area contributed by atoms with Gasteiger partial charge in [-0.1, -0.05) is 19.9 Å². The van der Waals surface area contributed by atoms with Gasteiger partial charge in [-0.05, 0) is 31.2 Å². The minimum Gasteiger partial charge on any atom is -0.396 e. The molecule has 0 spiro atoms. The molecule has 106 valence electrons. The highest BCUT2D eigenvalue weighted by molar-refractivity contribution is 5.59. The largest absolute Gasteiger partial charge is 0.396 e. The van der Waals surface area contributed by atoms with Crippen molar-refractivity contribution in [3.05, 3.63) is 33.9 Å². The van der Waals surface area contributed by atoms with Crippen molar-refractivity contribution >= 4 is 11.4 Å². The Morgan fingerprint density at radius 1 is 1.42 bits per heavy atom. The van der Waals surface area contributed by atoms with Gasteiger partial charge in [-0.3, -0.25) is 10.1 Å². The van der Waals surface area contributed by atoms with Crippen LogP contribution < -0.4 is 5.32 Å². The Hall–Kier alpha value is -1.62. The van der Waals surface area contributed by atoms with Crippen LogP contribution in [0.25, 0.3) is 0 Å². The molecule has 0 radical (unpaired) electrons. The Morgan fingerprint density at radius 2 is 2.11 bits per heavy atom. The van der Waals surface area contributed by atoms with Crippen molar-refractivity contribution in [1.82, 2.24) is 0 Å². The fourth-order valence-electron chi connectivity index (χ4n) is 1.99. The molecule has 0 fully saturated rings. The quantitative estimate of drug-likeness (QED) is 0.587. The highest BCUT2D eigenvalue weighted by Crippen LogP contribution is 2.28. The van der Waals surface area contributed by atoms with Crippen LogP contribution in [0.1, 0.15) is 32.3 Å². The SMILES string of the molecule is Cc1c(NCC(C)(C)CCCO)cccc1[N+](=O)[O-]. The summed E-state index contributed by atoms with van der Waals surface area (Å²) in [6, 6.07) is 5.05. The van der Waals surface area contributed by atoms with E-state index >= 15 is 0 Å². The standard InChI is InChI=1S/C14H22N2O3/c1-11-12(6-4-7-13(11)16(18)19)15-10-14(2,3)8-5-9-17/h4,6-7,15,17H,5,8-10H2,1-3H3. The molecule has 1 rings (SSSR count). The summed E-state index contributed by atoms with van der Waals surface area (Å²) >= 11 is 0. The van der Waals surface area contributed by atoms with Gasteiger partial charge in [0.15, 0.2) is 0 Å². The first-order valence-corrected chi connectivity index (χ1v) is 6.46. The molecule has 0 aliphatic heterocycles. The molecule has 5 nitrogen and oxygen atoms in total. The molecular formula is C14H22N2O3. The third-order valence-electron chi connectivity index (χ3n) is 3.27. The molecule has 5 heteroatoms. The summed E-state index contributed by atoms with van der Waals surface area (Å²) in [6.07, 6.45) is 1.67. The van der Waals surface area contributed by atoms with Crippen LogP contribution in [-0.4, -0.2) is 23.2 Å². The van der Waals surface area contributed by atoms with Crippen LogP contribution in [0.4, 0.5) is 11.4 Å². The number of nitro benzene ring substituents is 1. The normalized spacial score (nSPS) is 11.4. The first-order valence-electron chi connectivity index (χ1n) is 6.46. The van der Waals surface area contributed by atoms with E-state index in [0.717, 1.165) is 25.1 Å². The molecule has 0 heterocycles. The van der Waals surface area contributed by atoms with Gasteiger partial charge in [0, 0.05) is 30.5 Å². The van der Waals surface area contributed by atoms with E-state index in [2.05, 4.69) is 19.2 Å². The number of hydrogen-bond donors (Lipinski definition) is 2. The van der Waals surface area contributed by atoms with Crippen LogP contribution in [0.2, 0.25) is 0 Å². The van der Waals surface area contributed by atoms with Gasteiger partial charge in [0.05, 0.1) is 4.92 Å². The van der Waals surface area contributed by atoms with Crippen LogP contribution in [0.3, 0.4) is 0 Å². The Labute approximate surface area is 113 Å². The lowest BCUT2D eigenvalue weighted by Gasteiger charge is -2.25. The topological polar surface area (TPSA) is 75.4 Å². The van der Waals surface area contributed by atoms with Crippen molar-refractivity contribution in [3.8, 4) is 0 Å². The summed E-state index contributed by atoms with van der Waals surface area (Å²) in [5, 5.41) is 23.0. The van der Waals surface area contributed by atoms with Crippen LogP contribution in [0.5, 0.6) is 0 Å². The van der Waals surface area contributed by atoms with Crippen molar-refractivity contribution < 1.29 is 10.0 Å². The van der Waals surface area contributed by atoms with Gasteiger partial charge in [0.25, 0.3) is 5.69 Å². The van der Waals surface area contributed by atoms with Crippen LogP contribution in [0.15, 0.2) is 18.2 Å². The number of benzene rings is 1. The summed E-state index contributed by atoms with van der Waals surface area (Å²) in [4.78, 5) is 10.5. The Morgan fingerprint density at radius 3 is 2.68 bits per heavy atom. The predicted molar refractivity (Wildman–Crippen MR) is 76.4 cm³/mol. The maximum Gasteiger partial charge on any atom is 0.274 e. The lowest BCUT2D eigenvalue weighted by atomic mass is 9.87. The summed E-state index contributed by atoms with van der Waals surface area (Å²) < 4.78 is 0. The predicted octanol–water partition coefficient (Wildman–Crippen LogP) is 3.11. The number of nitrogens with one attached hydrogen (secondary N) is 1. The fraction of sp³-hybridized carbons (Fsp3) is 0.571. The summed E-state index contributed by atoms with van der Waals surface area (Å²) in [5.41, 5.74) is 1.63. The van der Waals surface area contributed by atoms with Gasteiger partial charge in [-0.25, -0.2) is 0 Å². The minimum atomic E-state index is -0.364. The van der Waals surface area contributed by atoms with Crippen LogP contribution in [-0.2, 0) is 0 Å².